The first-order valence-corrected chi connectivity index (χ1v) is 7.35. The van der Waals surface area contributed by atoms with Crippen LogP contribution < -0.4 is 5.32 Å². The van der Waals surface area contributed by atoms with Crippen LogP contribution in [0.5, 0.6) is 0 Å². The lowest BCUT2D eigenvalue weighted by Crippen LogP contribution is -1.98. The third kappa shape index (κ3) is 2.43. The van der Waals surface area contributed by atoms with E-state index < -0.39 is 0 Å². The van der Waals surface area contributed by atoms with Crippen LogP contribution in [-0.2, 0) is 0 Å². The van der Waals surface area contributed by atoms with Crippen molar-refractivity contribution in [2.75, 3.05) is 5.32 Å². The lowest BCUT2D eigenvalue weighted by Gasteiger charge is -2.10. The average molecular weight is 356 g/mol. The maximum atomic E-state index is 6.23. The van der Waals surface area contributed by atoms with Gasteiger partial charge < -0.3 is 5.32 Å². The van der Waals surface area contributed by atoms with E-state index in [0.717, 1.165) is 32.6 Å². The van der Waals surface area contributed by atoms with Gasteiger partial charge in [-0.25, -0.2) is 4.98 Å². The van der Waals surface area contributed by atoms with Gasteiger partial charge >= 0.3 is 0 Å². The summed E-state index contributed by atoms with van der Waals surface area (Å²) in [5, 5.41) is 3.84. The fraction of sp³-hybridized carbons (Fsp3) is 0.0833. The molecule has 1 aromatic carbocycles. The number of hydrogen-bond donors (Lipinski definition) is 1. The lowest BCUT2D eigenvalue weighted by molar-refractivity contribution is 1.24. The smallest absolute Gasteiger partial charge is 0.133 e. The molecule has 0 bridgehead atoms. The zero-order valence-electron chi connectivity index (χ0n) is 9.82. The predicted molar refractivity (Wildman–Crippen MR) is 82.4 cm³/mol. The van der Waals surface area contributed by atoms with Crippen LogP contribution in [0, 0.1) is 6.92 Å². The van der Waals surface area contributed by atoms with Crippen molar-refractivity contribution < 1.29 is 0 Å². The van der Waals surface area contributed by atoms with E-state index in [9.17, 15) is 0 Å². The molecule has 19 heavy (non-hydrogen) atoms. The Kier molecular flexibility index (Phi) is 3.38. The minimum atomic E-state index is 0.601. The molecule has 0 saturated carbocycles. The number of anilines is 2. The first-order valence-electron chi connectivity index (χ1n) is 5.45. The number of aryl methyl sites for hydroxylation is 1. The Morgan fingerprint density at radius 1 is 1.32 bits per heavy atom. The van der Waals surface area contributed by atoms with Crippen LogP contribution in [-0.4, -0.2) is 13.7 Å². The summed E-state index contributed by atoms with van der Waals surface area (Å²) in [7, 11) is 0. The van der Waals surface area contributed by atoms with E-state index in [2.05, 4.69) is 35.0 Å². The Balaban J connectivity index is 2.10. The summed E-state index contributed by atoms with van der Waals surface area (Å²) in [6.07, 6.45) is 1.74. The highest BCUT2D eigenvalue weighted by Gasteiger charge is 2.11. The maximum Gasteiger partial charge on any atom is 0.133 e. The fourth-order valence-corrected chi connectivity index (χ4v) is 2.92. The first kappa shape index (κ1) is 12.8. The summed E-state index contributed by atoms with van der Waals surface area (Å²) in [5.74, 6) is 0.755. The SMILES string of the molecule is Cc1cc(Br)cnc1Nc1c(Cl)ccc2nsnc12. The van der Waals surface area contributed by atoms with E-state index in [1.54, 1.807) is 6.20 Å². The summed E-state index contributed by atoms with van der Waals surface area (Å²) in [6.45, 7) is 1.98. The Bertz CT molecular complexity index is 759. The molecule has 2 heterocycles. The second-order valence-corrected chi connectivity index (χ2v) is 5.85. The molecule has 0 atom stereocenters. The molecule has 0 amide bonds. The molecule has 3 rings (SSSR count). The van der Waals surface area contributed by atoms with E-state index in [0.29, 0.717) is 5.02 Å². The zero-order chi connectivity index (χ0) is 13.4. The van der Waals surface area contributed by atoms with E-state index in [4.69, 9.17) is 11.6 Å². The molecular formula is C12H8BrClN4S. The van der Waals surface area contributed by atoms with Crippen molar-refractivity contribution in [2.24, 2.45) is 0 Å². The standard InChI is InChI=1S/C12H8BrClN4S/c1-6-4-7(13)5-15-12(6)16-10-8(14)2-3-9-11(10)18-19-17-9/h2-5H,1H3,(H,15,16). The third-order valence-corrected chi connectivity index (χ3v) is 3.96. The van der Waals surface area contributed by atoms with Crippen LogP contribution in [0.4, 0.5) is 11.5 Å². The number of benzene rings is 1. The number of halogens is 2. The second kappa shape index (κ2) is 5.03. The van der Waals surface area contributed by atoms with Crippen LogP contribution in [0.25, 0.3) is 11.0 Å². The van der Waals surface area contributed by atoms with Crippen molar-refractivity contribution in [3.05, 3.63) is 39.5 Å². The highest BCUT2D eigenvalue weighted by atomic mass is 79.9. The van der Waals surface area contributed by atoms with Gasteiger partial charge in [-0.05, 0) is 46.6 Å². The number of rotatable bonds is 2. The van der Waals surface area contributed by atoms with E-state index in [1.165, 1.54) is 11.7 Å². The molecule has 4 nitrogen and oxygen atoms in total. The molecule has 0 aliphatic rings. The van der Waals surface area contributed by atoms with Gasteiger partial charge in [0.15, 0.2) is 0 Å². The van der Waals surface area contributed by atoms with Crippen molar-refractivity contribution in [3.8, 4) is 0 Å². The Hall–Kier alpha value is -1.24. The molecule has 0 spiro atoms. The first-order chi connectivity index (χ1) is 9.15. The lowest BCUT2D eigenvalue weighted by atomic mass is 10.2. The normalized spacial score (nSPS) is 10.9. The fourth-order valence-electron chi connectivity index (χ4n) is 1.74. The number of nitrogens with zero attached hydrogens (tertiary/aromatic N) is 3. The predicted octanol–water partition coefficient (Wildman–Crippen LogP) is 4.55. The van der Waals surface area contributed by atoms with Gasteiger partial charge in [-0.1, -0.05) is 11.6 Å². The van der Waals surface area contributed by atoms with Crippen molar-refractivity contribution >= 4 is 61.8 Å². The molecule has 96 valence electrons. The van der Waals surface area contributed by atoms with Crippen LogP contribution in [0.1, 0.15) is 5.56 Å². The zero-order valence-corrected chi connectivity index (χ0v) is 13.0. The van der Waals surface area contributed by atoms with Gasteiger partial charge in [0, 0.05) is 10.7 Å². The van der Waals surface area contributed by atoms with Gasteiger partial charge in [0.2, 0.25) is 0 Å². The molecule has 7 heteroatoms. The summed E-state index contributed by atoms with van der Waals surface area (Å²) >= 11 is 10.8. The van der Waals surface area contributed by atoms with Crippen LogP contribution in [0.2, 0.25) is 5.02 Å². The van der Waals surface area contributed by atoms with Crippen molar-refractivity contribution in [1.82, 2.24) is 13.7 Å². The minimum absolute atomic E-state index is 0.601. The highest BCUT2D eigenvalue weighted by Crippen LogP contribution is 2.33. The van der Waals surface area contributed by atoms with Gasteiger partial charge in [-0.15, -0.1) is 0 Å². The number of aromatic nitrogens is 3. The maximum absolute atomic E-state index is 6.23. The van der Waals surface area contributed by atoms with Crippen LogP contribution >= 0.6 is 39.3 Å². The highest BCUT2D eigenvalue weighted by molar-refractivity contribution is 9.10. The van der Waals surface area contributed by atoms with Gasteiger partial charge in [0.05, 0.1) is 22.4 Å². The minimum Gasteiger partial charge on any atom is -0.337 e. The van der Waals surface area contributed by atoms with E-state index in [1.807, 2.05) is 25.1 Å². The largest absolute Gasteiger partial charge is 0.337 e. The molecule has 0 aliphatic carbocycles. The van der Waals surface area contributed by atoms with Crippen LogP contribution in [0.3, 0.4) is 0 Å². The molecule has 0 radical (unpaired) electrons. The molecule has 0 aliphatic heterocycles. The van der Waals surface area contributed by atoms with Gasteiger partial charge in [-0.3, -0.25) is 0 Å². The summed E-state index contributed by atoms with van der Waals surface area (Å²) in [6, 6.07) is 5.65. The van der Waals surface area contributed by atoms with Crippen molar-refractivity contribution in [3.63, 3.8) is 0 Å². The van der Waals surface area contributed by atoms with E-state index >= 15 is 0 Å². The van der Waals surface area contributed by atoms with Crippen molar-refractivity contribution in [1.29, 1.82) is 0 Å². The van der Waals surface area contributed by atoms with Gasteiger partial charge in [-0.2, -0.15) is 8.75 Å². The second-order valence-electron chi connectivity index (χ2n) is 4.00. The quantitative estimate of drug-likeness (QED) is 0.732. The van der Waals surface area contributed by atoms with Gasteiger partial charge in [0.25, 0.3) is 0 Å². The summed E-state index contributed by atoms with van der Waals surface area (Å²) in [5.41, 5.74) is 3.35. The van der Waals surface area contributed by atoms with Crippen LogP contribution in [0.15, 0.2) is 28.9 Å². The topological polar surface area (TPSA) is 50.7 Å². The van der Waals surface area contributed by atoms with E-state index in [-0.39, 0.29) is 0 Å². The molecule has 2 aromatic heterocycles. The molecule has 0 saturated heterocycles. The average Bonchev–Trinajstić information content (AvgIpc) is 2.84. The number of hydrogen-bond acceptors (Lipinski definition) is 5. The molecule has 3 aromatic rings. The number of nitrogens with one attached hydrogen (secondary N) is 1. The summed E-state index contributed by atoms with van der Waals surface area (Å²) < 4.78 is 9.41. The molecular weight excluding hydrogens is 348 g/mol. The Morgan fingerprint density at radius 2 is 2.16 bits per heavy atom. The third-order valence-electron chi connectivity index (χ3n) is 2.67. The molecule has 0 unspecified atom stereocenters. The van der Waals surface area contributed by atoms with Gasteiger partial charge in [0.1, 0.15) is 16.9 Å². The van der Waals surface area contributed by atoms with Crippen molar-refractivity contribution in [2.45, 2.75) is 6.92 Å². The molecule has 1 N–H and O–H groups in total. The summed E-state index contributed by atoms with van der Waals surface area (Å²) in [4.78, 5) is 4.34. The number of pyridine rings is 1. The monoisotopic (exact) mass is 354 g/mol. The molecule has 0 fully saturated rings. The Labute approximate surface area is 127 Å². The Morgan fingerprint density at radius 3 is 2.95 bits per heavy atom. The number of fused-ring (bicyclic) bond motifs is 1.